The molecule has 3 heterocycles. The van der Waals surface area contributed by atoms with Crippen molar-refractivity contribution < 1.29 is 4.74 Å². The summed E-state index contributed by atoms with van der Waals surface area (Å²) in [4.78, 5) is 1.37. The molecule has 0 N–H and O–H groups in total. The highest BCUT2D eigenvalue weighted by Gasteiger charge is 2.29. The maximum absolute atomic E-state index is 5.92. The molecule has 0 aromatic carbocycles. The zero-order chi connectivity index (χ0) is 17.9. The first-order valence-corrected chi connectivity index (χ1v) is 11.7. The molecule has 1 saturated heterocycles. The van der Waals surface area contributed by atoms with Crippen LogP contribution in [0.3, 0.4) is 0 Å². The first-order chi connectivity index (χ1) is 12.7. The van der Waals surface area contributed by atoms with Gasteiger partial charge in [-0.3, -0.25) is 0 Å². The third kappa shape index (κ3) is 4.34. The molecule has 4 rings (SSSR count). The minimum Gasteiger partial charge on any atom is -0.375 e. The lowest BCUT2D eigenvalue weighted by Gasteiger charge is -2.32. The van der Waals surface area contributed by atoms with E-state index in [-0.39, 0.29) is 0 Å². The predicted octanol–water partition coefficient (Wildman–Crippen LogP) is 5.48. The highest BCUT2D eigenvalue weighted by molar-refractivity contribution is 7.99. The fraction of sp³-hybridized carbons (Fsp3) is 0.700. The fourth-order valence-corrected chi connectivity index (χ4v) is 6.56. The van der Waals surface area contributed by atoms with Gasteiger partial charge < -0.3 is 9.30 Å². The molecule has 1 aliphatic carbocycles. The lowest BCUT2D eigenvalue weighted by atomic mass is 9.95. The largest absolute Gasteiger partial charge is 0.375 e. The molecule has 2 aliphatic rings. The monoisotopic (exact) mass is 391 g/mol. The molecule has 2 aromatic heterocycles. The minimum absolute atomic E-state index is 0.341. The molecule has 0 radical (unpaired) electrons. The maximum atomic E-state index is 5.92. The molecule has 2 atom stereocenters. The van der Waals surface area contributed by atoms with Crippen molar-refractivity contribution in [3.8, 4) is 0 Å². The van der Waals surface area contributed by atoms with Crippen molar-refractivity contribution in [2.45, 2.75) is 93.9 Å². The Morgan fingerprint density at radius 3 is 2.62 bits per heavy atom. The molecule has 26 heavy (non-hydrogen) atoms. The molecule has 2 aromatic rings. The number of hydrogen-bond donors (Lipinski definition) is 0. The molecule has 6 heteroatoms. The average molecular weight is 392 g/mol. The highest BCUT2D eigenvalue weighted by atomic mass is 32.2. The molecule has 1 saturated carbocycles. The van der Waals surface area contributed by atoms with Crippen LogP contribution in [0.25, 0.3) is 0 Å². The third-order valence-corrected chi connectivity index (χ3v) is 7.60. The van der Waals surface area contributed by atoms with Crippen molar-refractivity contribution >= 4 is 23.1 Å². The van der Waals surface area contributed by atoms with E-state index in [0.717, 1.165) is 30.2 Å². The molecular formula is C20H29N3OS2. The van der Waals surface area contributed by atoms with Crippen molar-refractivity contribution in [3.63, 3.8) is 0 Å². The lowest BCUT2D eigenvalue weighted by molar-refractivity contribution is -0.0265. The van der Waals surface area contributed by atoms with E-state index < -0.39 is 0 Å². The molecule has 0 spiro atoms. The Kier molecular flexibility index (Phi) is 6.01. The van der Waals surface area contributed by atoms with E-state index in [1.807, 2.05) is 23.1 Å². The summed E-state index contributed by atoms with van der Waals surface area (Å²) in [6, 6.07) is 4.91. The summed E-state index contributed by atoms with van der Waals surface area (Å²) in [7, 11) is 0. The number of aromatic nitrogens is 3. The summed E-state index contributed by atoms with van der Waals surface area (Å²) in [5, 5.41) is 13.2. The van der Waals surface area contributed by atoms with Gasteiger partial charge in [-0.05, 0) is 51.0 Å². The zero-order valence-corrected chi connectivity index (χ0v) is 17.4. The highest BCUT2D eigenvalue weighted by Crippen LogP contribution is 2.38. The normalized spacial score (nSPS) is 27.7. The van der Waals surface area contributed by atoms with Crippen molar-refractivity contribution in [2.24, 2.45) is 0 Å². The van der Waals surface area contributed by atoms with Gasteiger partial charge in [0.2, 0.25) is 0 Å². The van der Waals surface area contributed by atoms with E-state index in [1.165, 1.54) is 37.0 Å². The second-order valence-electron chi connectivity index (χ2n) is 7.79. The van der Waals surface area contributed by atoms with Crippen molar-refractivity contribution in [2.75, 3.05) is 0 Å². The Hall–Kier alpha value is -0.850. The van der Waals surface area contributed by atoms with E-state index >= 15 is 0 Å². The van der Waals surface area contributed by atoms with Gasteiger partial charge >= 0.3 is 0 Å². The van der Waals surface area contributed by atoms with Crippen LogP contribution in [0.5, 0.6) is 0 Å². The molecule has 0 amide bonds. The van der Waals surface area contributed by atoms with Crippen molar-refractivity contribution in [1.82, 2.24) is 14.8 Å². The van der Waals surface area contributed by atoms with E-state index in [4.69, 9.17) is 4.74 Å². The molecule has 4 nitrogen and oxygen atoms in total. The second-order valence-corrected chi connectivity index (χ2v) is 10.1. The Morgan fingerprint density at radius 2 is 1.92 bits per heavy atom. The van der Waals surface area contributed by atoms with E-state index in [9.17, 15) is 0 Å². The molecular weight excluding hydrogens is 362 g/mol. The van der Waals surface area contributed by atoms with Crippen LogP contribution in [0, 0.1) is 0 Å². The van der Waals surface area contributed by atoms with Gasteiger partial charge in [-0.2, -0.15) is 0 Å². The van der Waals surface area contributed by atoms with Gasteiger partial charge in [0.1, 0.15) is 5.82 Å². The standard InChI is InChI=1S/C20H29N3OS2/c1-14-11-18(12-15(2)24-14)26-20-22-21-19(13-17-9-6-10-25-17)23(20)16-7-4-3-5-8-16/h6,9-10,14-16,18H,3-5,7-8,11-13H2,1-2H3. The molecule has 2 unspecified atom stereocenters. The Labute approximate surface area is 164 Å². The quantitative estimate of drug-likeness (QED) is 0.676. The van der Waals surface area contributed by atoms with Crippen LogP contribution >= 0.6 is 23.1 Å². The van der Waals surface area contributed by atoms with E-state index in [2.05, 4.69) is 46.1 Å². The smallest absolute Gasteiger partial charge is 0.191 e. The van der Waals surface area contributed by atoms with Crippen molar-refractivity contribution in [1.29, 1.82) is 0 Å². The number of hydrogen-bond acceptors (Lipinski definition) is 5. The Morgan fingerprint density at radius 1 is 1.15 bits per heavy atom. The number of thiophene rings is 1. The average Bonchev–Trinajstić information content (AvgIpc) is 3.25. The summed E-state index contributed by atoms with van der Waals surface area (Å²) < 4.78 is 8.42. The predicted molar refractivity (Wildman–Crippen MR) is 108 cm³/mol. The fourth-order valence-electron chi connectivity index (χ4n) is 4.37. The minimum atomic E-state index is 0.341. The first-order valence-electron chi connectivity index (χ1n) is 9.97. The first kappa shape index (κ1) is 18.5. The Balaban J connectivity index is 1.57. The number of nitrogens with zero attached hydrogens (tertiary/aromatic N) is 3. The van der Waals surface area contributed by atoms with E-state index in [1.54, 1.807) is 0 Å². The SMILES string of the molecule is CC1CC(Sc2nnc(Cc3cccs3)n2C2CCCCC2)CC(C)O1. The second kappa shape index (κ2) is 8.44. The van der Waals surface area contributed by atoms with Crippen LogP contribution in [-0.4, -0.2) is 32.2 Å². The summed E-state index contributed by atoms with van der Waals surface area (Å²) in [5.74, 6) is 1.15. The van der Waals surface area contributed by atoms with Gasteiger partial charge in [0.05, 0.1) is 12.2 Å². The summed E-state index contributed by atoms with van der Waals surface area (Å²) in [6.45, 7) is 4.38. The van der Waals surface area contributed by atoms with Gasteiger partial charge in [-0.25, -0.2) is 0 Å². The molecule has 142 valence electrons. The van der Waals surface area contributed by atoms with Gasteiger partial charge in [0.15, 0.2) is 5.16 Å². The summed E-state index contributed by atoms with van der Waals surface area (Å²) in [6.07, 6.45) is 10.4. The third-order valence-electron chi connectivity index (χ3n) is 5.51. The molecule has 0 bridgehead atoms. The number of rotatable bonds is 5. The van der Waals surface area contributed by atoms with Crippen LogP contribution in [0.1, 0.15) is 75.5 Å². The number of ether oxygens (including phenoxy) is 1. The summed E-state index contributed by atoms with van der Waals surface area (Å²) >= 11 is 3.75. The van der Waals surface area contributed by atoms with Gasteiger partial charge in [0.25, 0.3) is 0 Å². The Bertz CT molecular complexity index is 684. The topological polar surface area (TPSA) is 39.9 Å². The molecule has 1 aliphatic heterocycles. The zero-order valence-electron chi connectivity index (χ0n) is 15.8. The maximum Gasteiger partial charge on any atom is 0.191 e. The molecule has 2 fully saturated rings. The van der Waals surface area contributed by atoms with Gasteiger partial charge in [0, 0.05) is 22.6 Å². The van der Waals surface area contributed by atoms with Crippen LogP contribution in [-0.2, 0) is 11.2 Å². The van der Waals surface area contributed by atoms with Gasteiger partial charge in [-0.15, -0.1) is 21.5 Å². The van der Waals surface area contributed by atoms with Gasteiger partial charge in [-0.1, -0.05) is 37.1 Å². The van der Waals surface area contributed by atoms with Crippen LogP contribution < -0.4 is 0 Å². The van der Waals surface area contributed by atoms with Crippen LogP contribution in [0.2, 0.25) is 0 Å². The van der Waals surface area contributed by atoms with Crippen molar-refractivity contribution in [3.05, 3.63) is 28.2 Å². The summed E-state index contributed by atoms with van der Waals surface area (Å²) in [5.41, 5.74) is 0. The lowest BCUT2D eigenvalue weighted by Crippen LogP contribution is -2.31. The van der Waals surface area contributed by atoms with Crippen LogP contribution in [0.15, 0.2) is 22.7 Å². The number of thioether (sulfide) groups is 1. The van der Waals surface area contributed by atoms with Crippen LogP contribution in [0.4, 0.5) is 0 Å². The van der Waals surface area contributed by atoms with E-state index in [0.29, 0.717) is 23.5 Å².